The maximum atomic E-state index is 13.4. The third-order valence-electron chi connectivity index (χ3n) is 4.69. The number of morpholine rings is 1. The van der Waals surface area contributed by atoms with Gasteiger partial charge in [-0.25, -0.2) is 9.37 Å². The van der Waals surface area contributed by atoms with E-state index >= 15 is 0 Å². The summed E-state index contributed by atoms with van der Waals surface area (Å²) in [6.07, 6.45) is -0.234. The smallest absolute Gasteiger partial charge is 0.254 e. The third kappa shape index (κ3) is 5.46. The number of aliphatic hydroxyl groups is 1. The molecular formula is C21H26FN3O3S. The fourth-order valence-corrected chi connectivity index (χ4v) is 4.09. The monoisotopic (exact) mass is 419 g/mol. The van der Waals surface area contributed by atoms with Crippen molar-refractivity contribution in [1.82, 2.24) is 10.3 Å². The molecule has 2 N–H and O–H groups in total. The molecule has 2 aromatic rings. The second kappa shape index (κ2) is 10.0. The van der Waals surface area contributed by atoms with Crippen LogP contribution >= 0.6 is 11.8 Å². The van der Waals surface area contributed by atoms with Crippen LogP contribution in [-0.4, -0.2) is 54.2 Å². The van der Waals surface area contributed by atoms with Crippen LogP contribution in [0.4, 0.5) is 10.2 Å². The first-order valence-corrected chi connectivity index (χ1v) is 10.6. The molecule has 1 aliphatic heterocycles. The largest absolute Gasteiger partial charge is 0.394 e. The summed E-state index contributed by atoms with van der Waals surface area (Å²) >= 11 is 1.51. The lowest BCUT2D eigenvalue weighted by Crippen LogP contribution is -2.44. The van der Waals surface area contributed by atoms with Crippen molar-refractivity contribution in [2.75, 3.05) is 37.0 Å². The van der Waals surface area contributed by atoms with Crippen molar-refractivity contribution in [3.8, 4) is 0 Å². The van der Waals surface area contributed by atoms with E-state index in [9.17, 15) is 14.3 Å². The first kappa shape index (κ1) is 21.5. The van der Waals surface area contributed by atoms with E-state index in [1.165, 1.54) is 23.9 Å². The lowest BCUT2D eigenvalue weighted by atomic mass is 10.1. The average Bonchev–Trinajstić information content (AvgIpc) is 2.72. The van der Waals surface area contributed by atoms with Crippen molar-refractivity contribution >= 4 is 23.5 Å². The molecule has 0 saturated carbocycles. The quantitative estimate of drug-likeness (QED) is 0.673. The van der Waals surface area contributed by atoms with Gasteiger partial charge in [-0.3, -0.25) is 4.79 Å². The van der Waals surface area contributed by atoms with Gasteiger partial charge in [0.15, 0.2) is 0 Å². The first-order valence-electron chi connectivity index (χ1n) is 9.66. The van der Waals surface area contributed by atoms with E-state index in [0.29, 0.717) is 35.8 Å². The van der Waals surface area contributed by atoms with Crippen LogP contribution < -0.4 is 10.2 Å². The molecule has 1 aromatic heterocycles. The zero-order chi connectivity index (χ0) is 20.8. The molecule has 6 nitrogen and oxygen atoms in total. The van der Waals surface area contributed by atoms with Gasteiger partial charge < -0.3 is 20.1 Å². The van der Waals surface area contributed by atoms with E-state index in [0.717, 1.165) is 17.1 Å². The topological polar surface area (TPSA) is 74.7 Å². The maximum absolute atomic E-state index is 13.4. The molecular weight excluding hydrogens is 393 g/mol. The Morgan fingerprint density at radius 1 is 1.45 bits per heavy atom. The number of halogens is 1. The van der Waals surface area contributed by atoms with E-state index in [-0.39, 0.29) is 31.0 Å². The maximum Gasteiger partial charge on any atom is 0.254 e. The Bertz CT molecular complexity index is 865. The van der Waals surface area contributed by atoms with Gasteiger partial charge in [-0.2, -0.15) is 0 Å². The SMILES string of the molecule is CCSc1nc(N2CCO[C@H](CO)C2)cc(C)c1C(=O)NCc1cccc(F)c1. The van der Waals surface area contributed by atoms with Crippen molar-refractivity contribution < 1.29 is 19.0 Å². The number of ether oxygens (including phenoxy) is 1. The summed E-state index contributed by atoms with van der Waals surface area (Å²) in [6, 6.07) is 8.08. The molecule has 1 aliphatic rings. The molecule has 156 valence electrons. The predicted octanol–water partition coefficient (Wildman–Crippen LogP) is 2.77. The van der Waals surface area contributed by atoms with Gasteiger partial charge in [-0.1, -0.05) is 19.1 Å². The standard InChI is InChI=1S/C21H26FN3O3S/c1-3-29-21-19(20(27)23-11-15-5-4-6-16(22)10-15)14(2)9-18(24-21)25-7-8-28-17(12-25)13-26/h4-6,9-10,17,26H,3,7-8,11-13H2,1-2H3,(H,23,27)/t17-/m0/s1. The molecule has 1 amide bonds. The number of carbonyl (C=O) groups is 1. The number of anilines is 1. The average molecular weight is 420 g/mol. The summed E-state index contributed by atoms with van der Waals surface area (Å²) in [5.41, 5.74) is 2.08. The molecule has 1 fully saturated rings. The minimum Gasteiger partial charge on any atom is -0.394 e. The van der Waals surface area contributed by atoms with E-state index in [1.54, 1.807) is 12.1 Å². The molecule has 1 saturated heterocycles. The molecule has 29 heavy (non-hydrogen) atoms. The highest BCUT2D eigenvalue weighted by Gasteiger charge is 2.24. The number of thioether (sulfide) groups is 1. The lowest BCUT2D eigenvalue weighted by Gasteiger charge is -2.33. The van der Waals surface area contributed by atoms with Gasteiger partial charge in [-0.15, -0.1) is 11.8 Å². The molecule has 8 heteroatoms. The number of nitrogens with zero attached hydrogens (tertiary/aromatic N) is 2. The molecule has 1 atom stereocenters. The van der Waals surface area contributed by atoms with Gasteiger partial charge in [0.25, 0.3) is 5.91 Å². The number of carbonyl (C=O) groups excluding carboxylic acids is 1. The molecule has 0 radical (unpaired) electrons. The van der Waals surface area contributed by atoms with Crippen LogP contribution in [0.5, 0.6) is 0 Å². The normalized spacial score (nSPS) is 16.7. The summed E-state index contributed by atoms with van der Waals surface area (Å²) in [5.74, 6) is 1.01. The van der Waals surface area contributed by atoms with Gasteiger partial charge in [0.05, 0.1) is 24.9 Å². The number of amides is 1. The number of aromatic nitrogens is 1. The molecule has 0 aliphatic carbocycles. The van der Waals surface area contributed by atoms with Crippen molar-refractivity contribution in [3.05, 3.63) is 52.8 Å². The summed E-state index contributed by atoms with van der Waals surface area (Å²) < 4.78 is 18.9. The van der Waals surface area contributed by atoms with E-state index in [4.69, 9.17) is 9.72 Å². The summed E-state index contributed by atoms with van der Waals surface area (Å²) in [6.45, 7) is 5.89. The molecule has 3 rings (SSSR count). The van der Waals surface area contributed by atoms with Crippen molar-refractivity contribution in [2.45, 2.75) is 31.5 Å². The zero-order valence-corrected chi connectivity index (χ0v) is 17.5. The number of hydrogen-bond donors (Lipinski definition) is 2. The minimum absolute atomic E-state index is 0.0351. The van der Waals surface area contributed by atoms with Crippen LogP contribution in [0.15, 0.2) is 35.4 Å². The van der Waals surface area contributed by atoms with Crippen LogP contribution in [0, 0.1) is 12.7 Å². The Morgan fingerprint density at radius 3 is 3.00 bits per heavy atom. The predicted molar refractivity (Wildman–Crippen MR) is 112 cm³/mol. The molecule has 0 spiro atoms. The second-order valence-electron chi connectivity index (χ2n) is 6.84. The highest BCUT2D eigenvalue weighted by atomic mass is 32.2. The molecule has 0 unspecified atom stereocenters. The number of nitrogens with one attached hydrogen (secondary N) is 1. The Kier molecular flexibility index (Phi) is 7.46. The van der Waals surface area contributed by atoms with E-state index < -0.39 is 0 Å². The highest BCUT2D eigenvalue weighted by molar-refractivity contribution is 7.99. The molecule has 1 aromatic carbocycles. The summed E-state index contributed by atoms with van der Waals surface area (Å²) in [5, 5.41) is 12.9. The zero-order valence-electron chi connectivity index (χ0n) is 16.7. The van der Waals surface area contributed by atoms with Gasteiger partial charge in [-0.05, 0) is 42.0 Å². The lowest BCUT2D eigenvalue weighted by molar-refractivity contribution is 0.00333. The van der Waals surface area contributed by atoms with E-state index in [2.05, 4.69) is 10.2 Å². The fraction of sp³-hybridized carbons (Fsp3) is 0.429. The van der Waals surface area contributed by atoms with Crippen molar-refractivity contribution in [2.24, 2.45) is 0 Å². The Morgan fingerprint density at radius 2 is 2.28 bits per heavy atom. The Balaban J connectivity index is 1.81. The van der Waals surface area contributed by atoms with Crippen molar-refractivity contribution in [1.29, 1.82) is 0 Å². The number of benzene rings is 1. The Hall–Kier alpha value is -2.16. The van der Waals surface area contributed by atoms with Gasteiger partial charge in [0.1, 0.15) is 16.7 Å². The van der Waals surface area contributed by atoms with Crippen LogP contribution in [0.2, 0.25) is 0 Å². The summed E-state index contributed by atoms with van der Waals surface area (Å²) in [4.78, 5) is 19.7. The third-order valence-corrected chi connectivity index (χ3v) is 5.54. The van der Waals surface area contributed by atoms with E-state index in [1.807, 2.05) is 19.9 Å². The van der Waals surface area contributed by atoms with Crippen LogP contribution in [0.1, 0.15) is 28.4 Å². The molecule has 0 bridgehead atoms. The second-order valence-corrected chi connectivity index (χ2v) is 8.10. The number of rotatable bonds is 7. The van der Waals surface area contributed by atoms with Gasteiger partial charge in [0, 0.05) is 19.6 Å². The fourth-order valence-electron chi connectivity index (χ4n) is 3.26. The highest BCUT2D eigenvalue weighted by Crippen LogP contribution is 2.28. The van der Waals surface area contributed by atoms with Gasteiger partial charge in [0.2, 0.25) is 0 Å². The summed E-state index contributed by atoms with van der Waals surface area (Å²) in [7, 11) is 0. The van der Waals surface area contributed by atoms with Gasteiger partial charge >= 0.3 is 0 Å². The molecule has 2 heterocycles. The number of pyridine rings is 1. The van der Waals surface area contributed by atoms with Crippen LogP contribution in [0.3, 0.4) is 0 Å². The number of aryl methyl sites for hydroxylation is 1. The van der Waals surface area contributed by atoms with Crippen LogP contribution in [0.25, 0.3) is 0 Å². The first-order chi connectivity index (χ1) is 14.0. The van der Waals surface area contributed by atoms with Crippen molar-refractivity contribution in [3.63, 3.8) is 0 Å². The minimum atomic E-state index is -0.326. The Labute approximate surface area is 174 Å². The number of hydrogen-bond acceptors (Lipinski definition) is 6. The number of aliphatic hydroxyl groups excluding tert-OH is 1. The van der Waals surface area contributed by atoms with Crippen LogP contribution in [-0.2, 0) is 11.3 Å².